The van der Waals surface area contributed by atoms with Crippen molar-refractivity contribution in [2.75, 3.05) is 31.1 Å². The van der Waals surface area contributed by atoms with Gasteiger partial charge in [0.2, 0.25) is 0 Å². The SMILES string of the molecule is Cn1c(CN2CCCCC2)nnc1C1CCN(c2ccncc2)CC1. The van der Waals surface area contributed by atoms with Crippen LogP contribution in [0.25, 0.3) is 0 Å². The number of pyridine rings is 1. The molecule has 25 heavy (non-hydrogen) atoms. The maximum absolute atomic E-state index is 4.56. The molecule has 0 aromatic carbocycles. The Kier molecular flexibility index (Phi) is 4.97. The molecular formula is C19H28N6. The molecule has 0 amide bonds. The van der Waals surface area contributed by atoms with Crippen molar-refractivity contribution >= 4 is 5.69 Å². The Morgan fingerprint density at radius 1 is 0.960 bits per heavy atom. The zero-order valence-electron chi connectivity index (χ0n) is 15.1. The highest BCUT2D eigenvalue weighted by atomic mass is 15.3. The van der Waals surface area contributed by atoms with E-state index in [1.165, 1.54) is 43.9 Å². The minimum atomic E-state index is 0.519. The van der Waals surface area contributed by atoms with Gasteiger partial charge < -0.3 is 9.47 Å². The molecule has 0 aliphatic carbocycles. The quantitative estimate of drug-likeness (QED) is 0.856. The Labute approximate surface area is 149 Å². The van der Waals surface area contributed by atoms with Crippen molar-refractivity contribution in [2.24, 2.45) is 7.05 Å². The molecule has 2 aromatic rings. The first-order valence-electron chi connectivity index (χ1n) is 9.57. The van der Waals surface area contributed by atoms with Crippen molar-refractivity contribution < 1.29 is 0 Å². The standard InChI is InChI=1S/C19H28N6/c1-23-18(15-24-11-3-2-4-12-24)21-22-19(23)16-7-13-25(14-8-16)17-5-9-20-10-6-17/h5-6,9-10,16H,2-4,7-8,11-15H2,1H3. The minimum absolute atomic E-state index is 0.519. The van der Waals surface area contributed by atoms with Crippen LogP contribution in [-0.4, -0.2) is 50.8 Å². The number of hydrogen-bond donors (Lipinski definition) is 0. The van der Waals surface area contributed by atoms with Gasteiger partial charge in [0.15, 0.2) is 0 Å². The molecule has 6 nitrogen and oxygen atoms in total. The second kappa shape index (κ2) is 7.52. The van der Waals surface area contributed by atoms with E-state index < -0.39 is 0 Å². The van der Waals surface area contributed by atoms with Gasteiger partial charge in [-0.25, -0.2) is 0 Å². The molecule has 2 saturated heterocycles. The van der Waals surface area contributed by atoms with E-state index in [-0.39, 0.29) is 0 Å². The first-order valence-corrected chi connectivity index (χ1v) is 9.57. The highest BCUT2D eigenvalue weighted by Crippen LogP contribution is 2.29. The van der Waals surface area contributed by atoms with Crippen molar-refractivity contribution in [2.45, 2.75) is 44.6 Å². The smallest absolute Gasteiger partial charge is 0.146 e. The fourth-order valence-electron chi connectivity index (χ4n) is 4.14. The summed E-state index contributed by atoms with van der Waals surface area (Å²) in [6.07, 6.45) is 10.0. The normalized spacial score (nSPS) is 20.1. The number of piperidine rings is 2. The molecule has 6 heteroatoms. The van der Waals surface area contributed by atoms with Crippen LogP contribution in [0.4, 0.5) is 5.69 Å². The van der Waals surface area contributed by atoms with Crippen molar-refractivity contribution in [3.8, 4) is 0 Å². The third-order valence-corrected chi connectivity index (χ3v) is 5.70. The van der Waals surface area contributed by atoms with Crippen LogP contribution in [0.5, 0.6) is 0 Å². The van der Waals surface area contributed by atoms with E-state index in [4.69, 9.17) is 0 Å². The second-order valence-electron chi connectivity index (χ2n) is 7.34. The van der Waals surface area contributed by atoms with Gasteiger partial charge in [0, 0.05) is 44.1 Å². The molecule has 134 valence electrons. The van der Waals surface area contributed by atoms with Crippen LogP contribution in [-0.2, 0) is 13.6 Å². The first kappa shape index (κ1) is 16.5. The fraction of sp³-hybridized carbons (Fsp3) is 0.632. The van der Waals surface area contributed by atoms with Gasteiger partial charge in [0.25, 0.3) is 0 Å². The Morgan fingerprint density at radius 2 is 1.68 bits per heavy atom. The van der Waals surface area contributed by atoms with Gasteiger partial charge in [-0.3, -0.25) is 9.88 Å². The lowest BCUT2D eigenvalue weighted by atomic mass is 9.95. The van der Waals surface area contributed by atoms with E-state index >= 15 is 0 Å². The van der Waals surface area contributed by atoms with E-state index in [1.807, 2.05) is 12.4 Å². The molecule has 2 aliphatic heterocycles. The van der Waals surface area contributed by atoms with Crippen LogP contribution in [0.2, 0.25) is 0 Å². The summed E-state index contributed by atoms with van der Waals surface area (Å²) in [6.45, 7) is 5.49. The molecule has 4 rings (SSSR count). The van der Waals surface area contributed by atoms with Gasteiger partial charge in [-0.15, -0.1) is 10.2 Å². The number of anilines is 1. The van der Waals surface area contributed by atoms with Gasteiger partial charge in [0.05, 0.1) is 6.54 Å². The largest absolute Gasteiger partial charge is 0.371 e. The Hall–Kier alpha value is -1.95. The molecule has 2 aliphatic rings. The third-order valence-electron chi connectivity index (χ3n) is 5.70. The lowest BCUT2D eigenvalue weighted by molar-refractivity contribution is 0.213. The molecule has 0 saturated carbocycles. The average molecular weight is 340 g/mol. The molecule has 0 N–H and O–H groups in total. The fourth-order valence-corrected chi connectivity index (χ4v) is 4.14. The molecule has 4 heterocycles. The lowest BCUT2D eigenvalue weighted by Gasteiger charge is -2.33. The highest BCUT2D eigenvalue weighted by molar-refractivity contribution is 5.45. The number of aromatic nitrogens is 4. The second-order valence-corrected chi connectivity index (χ2v) is 7.34. The summed E-state index contributed by atoms with van der Waals surface area (Å²) in [4.78, 5) is 9.08. The van der Waals surface area contributed by atoms with Crippen LogP contribution in [0, 0.1) is 0 Å². The van der Waals surface area contributed by atoms with Crippen molar-refractivity contribution in [1.82, 2.24) is 24.6 Å². The Morgan fingerprint density at radius 3 is 2.40 bits per heavy atom. The predicted octanol–water partition coefficient (Wildman–Crippen LogP) is 2.58. The predicted molar refractivity (Wildman–Crippen MR) is 98.6 cm³/mol. The summed E-state index contributed by atoms with van der Waals surface area (Å²) >= 11 is 0. The average Bonchev–Trinajstić information content (AvgIpc) is 3.04. The molecule has 0 atom stereocenters. The maximum Gasteiger partial charge on any atom is 0.146 e. The van der Waals surface area contributed by atoms with Crippen LogP contribution in [0.1, 0.15) is 49.7 Å². The van der Waals surface area contributed by atoms with E-state index in [0.717, 1.165) is 38.3 Å². The summed E-state index contributed by atoms with van der Waals surface area (Å²) < 4.78 is 2.25. The van der Waals surface area contributed by atoms with Gasteiger partial charge >= 0.3 is 0 Å². The number of nitrogens with zero attached hydrogens (tertiary/aromatic N) is 6. The molecular weight excluding hydrogens is 312 g/mol. The topological polar surface area (TPSA) is 50.1 Å². The lowest BCUT2D eigenvalue weighted by Crippen LogP contribution is -2.33. The van der Waals surface area contributed by atoms with Crippen LogP contribution in [0.15, 0.2) is 24.5 Å². The van der Waals surface area contributed by atoms with Gasteiger partial charge in [-0.05, 0) is 50.9 Å². The number of rotatable bonds is 4. The molecule has 0 spiro atoms. The number of hydrogen-bond acceptors (Lipinski definition) is 5. The van der Waals surface area contributed by atoms with E-state index in [9.17, 15) is 0 Å². The number of likely N-dealkylation sites (tertiary alicyclic amines) is 1. The van der Waals surface area contributed by atoms with Crippen LogP contribution < -0.4 is 4.90 Å². The Balaban J connectivity index is 1.38. The maximum atomic E-state index is 4.56. The minimum Gasteiger partial charge on any atom is -0.371 e. The van der Waals surface area contributed by atoms with Gasteiger partial charge in [-0.1, -0.05) is 6.42 Å². The summed E-state index contributed by atoms with van der Waals surface area (Å²) in [5.74, 6) is 2.81. The molecule has 0 unspecified atom stereocenters. The zero-order chi connectivity index (χ0) is 17.1. The third kappa shape index (κ3) is 3.68. The molecule has 0 radical (unpaired) electrons. The van der Waals surface area contributed by atoms with Crippen molar-refractivity contribution in [3.05, 3.63) is 36.2 Å². The van der Waals surface area contributed by atoms with Crippen LogP contribution in [0.3, 0.4) is 0 Å². The summed E-state index contributed by atoms with van der Waals surface area (Å²) in [6, 6.07) is 4.19. The van der Waals surface area contributed by atoms with Crippen molar-refractivity contribution in [1.29, 1.82) is 0 Å². The summed E-state index contributed by atoms with van der Waals surface area (Å²) in [5.41, 5.74) is 1.28. The summed E-state index contributed by atoms with van der Waals surface area (Å²) in [7, 11) is 2.14. The molecule has 2 fully saturated rings. The zero-order valence-corrected chi connectivity index (χ0v) is 15.1. The van der Waals surface area contributed by atoms with Crippen LogP contribution >= 0.6 is 0 Å². The first-order chi connectivity index (χ1) is 12.3. The van der Waals surface area contributed by atoms with Gasteiger partial charge in [0.1, 0.15) is 11.6 Å². The monoisotopic (exact) mass is 340 g/mol. The highest BCUT2D eigenvalue weighted by Gasteiger charge is 2.26. The molecule has 0 bridgehead atoms. The van der Waals surface area contributed by atoms with E-state index in [0.29, 0.717) is 5.92 Å². The Bertz CT molecular complexity index is 668. The summed E-state index contributed by atoms with van der Waals surface area (Å²) in [5, 5.41) is 9.07. The van der Waals surface area contributed by atoms with Gasteiger partial charge in [-0.2, -0.15) is 0 Å². The molecule has 2 aromatic heterocycles. The van der Waals surface area contributed by atoms with E-state index in [2.05, 4.69) is 48.7 Å². The van der Waals surface area contributed by atoms with Crippen molar-refractivity contribution in [3.63, 3.8) is 0 Å². The van der Waals surface area contributed by atoms with E-state index in [1.54, 1.807) is 0 Å².